The summed E-state index contributed by atoms with van der Waals surface area (Å²) in [7, 11) is 0.260. The molecule has 1 fully saturated rings. The molecule has 0 aromatic rings. The molecule has 0 heterocycles. The van der Waals surface area contributed by atoms with Crippen LogP contribution in [0.4, 0.5) is 0 Å². The highest BCUT2D eigenvalue weighted by molar-refractivity contribution is 8.01. The van der Waals surface area contributed by atoms with Crippen LogP contribution in [0.3, 0.4) is 0 Å². The number of ether oxygens (including phenoxy) is 1. The van der Waals surface area contributed by atoms with E-state index in [1.807, 2.05) is 0 Å². The fourth-order valence-corrected chi connectivity index (χ4v) is 4.83. The second kappa shape index (κ2) is 6.25. The summed E-state index contributed by atoms with van der Waals surface area (Å²) < 4.78 is 26.9. The molecule has 1 N–H and O–H groups in total. The van der Waals surface area contributed by atoms with Gasteiger partial charge in [-0.3, -0.25) is 4.79 Å². The summed E-state index contributed by atoms with van der Waals surface area (Å²) in [5.74, 6) is 0.555. The molecule has 0 radical (unpaired) electrons. The number of hydrogen-bond acceptors (Lipinski definition) is 6. The minimum Gasteiger partial charge on any atom is -0.468 e. The zero-order chi connectivity index (χ0) is 13.8. The zero-order valence-corrected chi connectivity index (χ0v) is 12.7. The summed E-state index contributed by atoms with van der Waals surface area (Å²) in [4.78, 5) is 11.8. The Kier molecular flexibility index (Phi) is 5.48. The molecule has 5 nitrogen and oxygen atoms in total. The van der Waals surface area contributed by atoms with Gasteiger partial charge in [0.2, 0.25) is 0 Å². The lowest BCUT2D eigenvalue weighted by molar-refractivity contribution is -0.148. The van der Waals surface area contributed by atoms with Crippen LogP contribution in [0.5, 0.6) is 0 Å². The van der Waals surface area contributed by atoms with Crippen molar-refractivity contribution >= 4 is 27.6 Å². The quantitative estimate of drug-likeness (QED) is 0.717. The van der Waals surface area contributed by atoms with Crippen LogP contribution in [0.1, 0.15) is 19.3 Å². The number of likely N-dealkylation sites (N-methyl/N-ethyl adjacent to an activating group) is 1. The van der Waals surface area contributed by atoms with Crippen molar-refractivity contribution < 1.29 is 17.9 Å². The lowest BCUT2D eigenvalue weighted by Crippen LogP contribution is -2.49. The molecule has 0 bridgehead atoms. The Morgan fingerprint density at radius 3 is 2.72 bits per heavy atom. The van der Waals surface area contributed by atoms with Crippen molar-refractivity contribution in [3.05, 3.63) is 0 Å². The fourth-order valence-electron chi connectivity index (χ4n) is 2.22. The predicted molar refractivity (Wildman–Crippen MR) is 73.6 cm³/mol. The lowest BCUT2D eigenvalue weighted by Gasteiger charge is -2.25. The van der Waals surface area contributed by atoms with E-state index in [0.29, 0.717) is 17.4 Å². The van der Waals surface area contributed by atoms with E-state index in [1.54, 1.807) is 18.8 Å². The molecular formula is C11H21NO4S2. The average Bonchev–Trinajstić information content (AvgIpc) is 2.71. The van der Waals surface area contributed by atoms with E-state index in [4.69, 9.17) is 4.74 Å². The first-order valence-corrected chi connectivity index (χ1v) is 9.00. The molecule has 1 saturated carbocycles. The predicted octanol–water partition coefficient (Wildman–Crippen LogP) is 0.448. The molecule has 0 aromatic carbocycles. The summed E-state index contributed by atoms with van der Waals surface area (Å²) in [5.41, 5.74) is -0.586. The minimum absolute atomic E-state index is 0.193. The molecule has 1 rings (SSSR count). The maximum atomic E-state index is 11.8. The van der Waals surface area contributed by atoms with Gasteiger partial charge in [0, 0.05) is 17.3 Å². The largest absolute Gasteiger partial charge is 0.468 e. The van der Waals surface area contributed by atoms with Gasteiger partial charge in [0.1, 0.15) is 15.4 Å². The summed E-state index contributed by atoms with van der Waals surface area (Å²) in [5, 5.41) is 3.38. The van der Waals surface area contributed by atoms with Crippen LogP contribution in [0.2, 0.25) is 0 Å². The molecule has 0 aromatic heterocycles. The Balaban J connectivity index is 2.47. The van der Waals surface area contributed by atoms with Crippen molar-refractivity contribution in [3.8, 4) is 0 Å². The maximum Gasteiger partial charge on any atom is 0.326 e. The number of nitrogens with one attached hydrogen (secondary N) is 1. The number of hydrogen-bond donors (Lipinski definition) is 1. The highest BCUT2D eigenvalue weighted by Gasteiger charge is 2.45. The second-order valence-electron chi connectivity index (χ2n) is 4.69. The zero-order valence-electron chi connectivity index (χ0n) is 11.1. The smallest absolute Gasteiger partial charge is 0.326 e. The molecule has 7 heteroatoms. The molecule has 0 aliphatic heterocycles. The van der Waals surface area contributed by atoms with Crippen molar-refractivity contribution in [2.75, 3.05) is 31.9 Å². The first-order chi connectivity index (χ1) is 8.33. The molecule has 18 heavy (non-hydrogen) atoms. The number of methoxy groups -OCH3 is 1. The number of esters is 1. The van der Waals surface area contributed by atoms with Crippen LogP contribution in [0.25, 0.3) is 0 Å². The highest BCUT2D eigenvalue weighted by Crippen LogP contribution is 2.37. The SMILES string of the molecule is CNC1(C(=O)OC)CCC(SCCS(C)(=O)=O)C1. The minimum atomic E-state index is -2.90. The molecule has 1 aliphatic carbocycles. The standard InChI is InChI=1S/C11H21NO4S2/c1-12-11(10(13)16-2)5-4-9(8-11)17-6-7-18(3,14)15/h9,12H,4-8H2,1-3H3. The summed E-state index contributed by atoms with van der Waals surface area (Å²) in [6.45, 7) is 0. The van der Waals surface area contributed by atoms with Crippen LogP contribution in [-0.4, -0.2) is 57.1 Å². The van der Waals surface area contributed by atoms with E-state index >= 15 is 0 Å². The number of carbonyl (C=O) groups excluding carboxylic acids is 1. The lowest BCUT2D eigenvalue weighted by atomic mass is 9.98. The van der Waals surface area contributed by atoms with E-state index in [9.17, 15) is 13.2 Å². The van der Waals surface area contributed by atoms with E-state index in [-0.39, 0.29) is 11.7 Å². The number of rotatable bonds is 6. The summed E-state index contributed by atoms with van der Waals surface area (Å²) in [6.07, 6.45) is 3.59. The Morgan fingerprint density at radius 1 is 1.56 bits per heavy atom. The molecule has 106 valence electrons. The highest BCUT2D eigenvalue weighted by atomic mass is 32.2. The van der Waals surface area contributed by atoms with Crippen molar-refractivity contribution in [3.63, 3.8) is 0 Å². The third kappa shape index (κ3) is 4.13. The second-order valence-corrected chi connectivity index (χ2v) is 8.36. The number of thioether (sulfide) groups is 1. The molecule has 1 aliphatic rings. The van der Waals surface area contributed by atoms with Crippen molar-refractivity contribution in [2.45, 2.75) is 30.1 Å². The topological polar surface area (TPSA) is 72.5 Å². The average molecular weight is 295 g/mol. The van der Waals surface area contributed by atoms with Gasteiger partial charge >= 0.3 is 5.97 Å². The Labute approximate surface area is 113 Å². The molecule has 2 atom stereocenters. The van der Waals surface area contributed by atoms with Crippen LogP contribution in [0, 0.1) is 0 Å². The molecule has 0 saturated heterocycles. The van der Waals surface area contributed by atoms with Gasteiger partial charge in [0.05, 0.1) is 12.9 Å². The van der Waals surface area contributed by atoms with E-state index < -0.39 is 15.4 Å². The van der Waals surface area contributed by atoms with Crippen LogP contribution < -0.4 is 5.32 Å². The number of carbonyl (C=O) groups is 1. The van der Waals surface area contributed by atoms with E-state index in [2.05, 4.69) is 5.32 Å². The van der Waals surface area contributed by atoms with E-state index in [1.165, 1.54) is 13.4 Å². The van der Waals surface area contributed by atoms with Crippen molar-refractivity contribution in [1.29, 1.82) is 0 Å². The van der Waals surface area contributed by atoms with Crippen molar-refractivity contribution in [2.24, 2.45) is 0 Å². The van der Waals surface area contributed by atoms with Crippen LogP contribution >= 0.6 is 11.8 Å². The van der Waals surface area contributed by atoms with E-state index in [0.717, 1.165) is 12.8 Å². The Hall–Kier alpha value is -0.270. The Morgan fingerprint density at radius 2 is 2.22 bits per heavy atom. The first kappa shape index (κ1) is 15.8. The molecular weight excluding hydrogens is 274 g/mol. The number of sulfone groups is 1. The molecule has 0 amide bonds. The van der Waals surface area contributed by atoms with Gasteiger partial charge in [-0.05, 0) is 26.3 Å². The van der Waals surface area contributed by atoms with Crippen molar-refractivity contribution in [1.82, 2.24) is 5.32 Å². The third-order valence-corrected chi connectivity index (χ3v) is 5.85. The fraction of sp³-hybridized carbons (Fsp3) is 0.909. The van der Waals surface area contributed by atoms with Crippen LogP contribution in [-0.2, 0) is 19.4 Å². The normalized spacial score (nSPS) is 28.3. The summed E-state index contributed by atoms with van der Waals surface area (Å²) >= 11 is 1.63. The molecule has 2 unspecified atom stereocenters. The van der Waals surface area contributed by atoms with Gasteiger partial charge in [-0.1, -0.05) is 0 Å². The van der Waals surface area contributed by atoms with Gasteiger partial charge in [-0.15, -0.1) is 0 Å². The molecule has 0 spiro atoms. The van der Waals surface area contributed by atoms with Gasteiger partial charge < -0.3 is 10.1 Å². The maximum absolute atomic E-state index is 11.8. The summed E-state index contributed by atoms with van der Waals surface area (Å²) in [6, 6.07) is 0. The first-order valence-electron chi connectivity index (χ1n) is 5.89. The third-order valence-electron chi connectivity index (χ3n) is 3.33. The van der Waals surface area contributed by atoms with Gasteiger partial charge in [0.15, 0.2) is 0 Å². The van der Waals surface area contributed by atoms with Crippen LogP contribution in [0.15, 0.2) is 0 Å². The van der Waals surface area contributed by atoms with Gasteiger partial charge in [-0.2, -0.15) is 11.8 Å². The monoisotopic (exact) mass is 295 g/mol. The Bertz CT molecular complexity index is 396. The van der Waals surface area contributed by atoms with Gasteiger partial charge in [-0.25, -0.2) is 8.42 Å². The van der Waals surface area contributed by atoms with Gasteiger partial charge in [0.25, 0.3) is 0 Å².